The standard InChI is InChI=1S/C20H25NO5/c1-4-26-20(23)19-14-7-5-6-10-21(14)15(12-16(19)22)13-8-9-17(24-2)18(11-13)25-3/h8-9,11,15H,4-7,10,12H2,1-3H3/t15-/m0/s1. The van der Waals surface area contributed by atoms with E-state index >= 15 is 0 Å². The van der Waals surface area contributed by atoms with Gasteiger partial charge in [0.25, 0.3) is 0 Å². The molecule has 0 spiro atoms. The second kappa shape index (κ2) is 7.81. The van der Waals surface area contributed by atoms with Crippen molar-refractivity contribution in [2.45, 2.75) is 38.6 Å². The molecule has 6 nitrogen and oxygen atoms in total. The van der Waals surface area contributed by atoms with Crippen molar-refractivity contribution in [1.29, 1.82) is 0 Å². The van der Waals surface area contributed by atoms with Crippen LogP contribution in [0.25, 0.3) is 0 Å². The molecule has 0 aliphatic carbocycles. The Balaban J connectivity index is 2.01. The molecule has 0 unspecified atom stereocenters. The van der Waals surface area contributed by atoms with E-state index < -0.39 is 5.97 Å². The maximum atomic E-state index is 12.8. The van der Waals surface area contributed by atoms with E-state index in [1.807, 2.05) is 18.2 Å². The quantitative estimate of drug-likeness (QED) is 0.595. The summed E-state index contributed by atoms with van der Waals surface area (Å²) in [4.78, 5) is 27.3. The molecule has 1 aromatic carbocycles. The Morgan fingerprint density at radius 3 is 2.65 bits per heavy atom. The molecule has 0 bridgehead atoms. The van der Waals surface area contributed by atoms with Crippen LogP contribution >= 0.6 is 0 Å². The number of piperidine rings is 1. The number of benzene rings is 1. The van der Waals surface area contributed by atoms with Crippen LogP contribution in [-0.2, 0) is 14.3 Å². The predicted octanol–water partition coefficient (Wildman–Crippen LogP) is 3.02. The highest BCUT2D eigenvalue weighted by atomic mass is 16.5. The number of hydrogen-bond acceptors (Lipinski definition) is 6. The second-order valence-electron chi connectivity index (χ2n) is 6.45. The molecule has 1 fully saturated rings. The summed E-state index contributed by atoms with van der Waals surface area (Å²) >= 11 is 0. The molecule has 0 radical (unpaired) electrons. The van der Waals surface area contributed by atoms with E-state index in [2.05, 4.69) is 4.90 Å². The van der Waals surface area contributed by atoms with Crippen LogP contribution in [0.15, 0.2) is 29.5 Å². The first-order chi connectivity index (χ1) is 12.6. The summed E-state index contributed by atoms with van der Waals surface area (Å²) in [5, 5.41) is 0. The van der Waals surface area contributed by atoms with Gasteiger partial charge >= 0.3 is 5.97 Å². The van der Waals surface area contributed by atoms with Gasteiger partial charge in [-0.3, -0.25) is 4.79 Å². The Bertz CT molecular complexity index is 740. The number of hydrogen-bond donors (Lipinski definition) is 0. The average Bonchev–Trinajstić information content (AvgIpc) is 2.66. The van der Waals surface area contributed by atoms with E-state index in [9.17, 15) is 9.59 Å². The van der Waals surface area contributed by atoms with Gasteiger partial charge in [-0.25, -0.2) is 4.79 Å². The van der Waals surface area contributed by atoms with Gasteiger partial charge < -0.3 is 19.1 Å². The fourth-order valence-corrected chi connectivity index (χ4v) is 3.81. The summed E-state index contributed by atoms with van der Waals surface area (Å²) < 4.78 is 15.8. The SMILES string of the molecule is CCOC(=O)C1=C2CCCCN2[C@H](c2ccc(OC)c(OC)c2)CC1=O. The average molecular weight is 359 g/mol. The van der Waals surface area contributed by atoms with Crippen LogP contribution in [0, 0.1) is 0 Å². The molecule has 2 aliphatic heterocycles. The molecule has 3 rings (SSSR count). The number of fused-ring (bicyclic) bond motifs is 1. The zero-order valence-corrected chi connectivity index (χ0v) is 15.5. The minimum absolute atomic E-state index is 0.101. The highest BCUT2D eigenvalue weighted by molar-refractivity contribution is 6.18. The lowest BCUT2D eigenvalue weighted by molar-refractivity contribution is -0.141. The van der Waals surface area contributed by atoms with Crippen LogP contribution in [0.4, 0.5) is 0 Å². The van der Waals surface area contributed by atoms with Crippen molar-refractivity contribution in [3.05, 3.63) is 35.0 Å². The van der Waals surface area contributed by atoms with Crippen LogP contribution in [0.2, 0.25) is 0 Å². The molecule has 1 atom stereocenters. The number of esters is 1. The first kappa shape index (κ1) is 18.3. The normalized spacial score (nSPS) is 19.9. The van der Waals surface area contributed by atoms with Crippen molar-refractivity contribution in [3.8, 4) is 11.5 Å². The van der Waals surface area contributed by atoms with E-state index in [0.717, 1.165) is 37.1 Å². The van der Waals surface area contributed by atoms with Gasteiger partial charge in [0.15, 0.2) is 17.3 Å². The molecular formula is C20H25NO5. The van der Waals surface area contributed by atoms with Gasteiger partial charge in [-0.05, 0) is 43.9 Å². The minimum Gasteiger partial charge on any atom is -0.493 e. The van der Waals surface area contributed by atoms with E-state index in [1.54, 1.807) is 21.1 Å². The fraction of sp³-hybridized carbons (Fsp3) is 0.500. The summed E-state index contributed by atoms with van der Waals surface area (Å²) in [6.45, 7) is 2.84. The second-order valence-corrected chi connectivity index (χ2v) is 6.45. The highest BCUT2D eigenvalue weighted by Gasteiger charge is 2.39. The molecule has 2 heterocycles. The Hall–Kier alpha value is -2.50. The summed E-state index contributed by atoms with van der Waals surface area (Å²) in [5.74, 6) is 0.651. The van der Waals surface area contributed by atoms with Gasteiger partial charge in [0.05, 0.1) is 26.9 Å². The van der Waals surface area contributed by atoms with E-state index in [0.29, 0.717) is 11.5 Å². The number of Topliss-reactive ketones (excluding diaryl/α,β-unsaturated/α-hetero) is 1. The number of ether oxygens (including phenoxy) is 3. The van der Waals surface area contributed by atoms with Crippen LogP contribution in [0.3, 0.4) is 0 Å². The number of allylic oxidation sites excluding steroid dienone is 1. The van der Waals surface area contributed by atoms with Crippen molar-refractivity contribution in [1.82, 2.24) is 4.90 Å². The summed E-state index contributed by atoms with van der Waals surface area (Å²) in [6.07, 6.45) is 3.00. The van der Waals surface area contributed by atoms with E-state index in [4.69, 9.17) is 14.2 Å². The molecular weight excluding hydrogens is 334 g/mol. The predicted molar refractivity (Wildman–Crippen MR) is 96.1 cm³/mol. The zero-order chi connectivity index (χ0) is 18.7. The number of nitrogens with zero attached hydrogens (tertiary/aromatic N) is 1. The van der Waals surface area contributed by atoms with Gasteiger partial charge in [0, 0.05) is 18.7 Å². The van der Waals surface area contributed by atoms with Gasteiger partial charge in [-0.1, -0.05) is 6.07 Å². The molecule has 0 amide bonds. The Labute approximate surface area is 153 Å². The van der Waals surface area contributed by atoms with Crippen LogP contribution in [0.5, 0.6) is 11.5 Å². The molecule has 140 valence electrons. The third kappa shape index (κ3) is 3.28. The Kier molecular flexibility index (Phi) is 5.49. The first-order valence-electron chi connectivity index (χ1n) is 9.02. The smallest absolute Gasteiger partial charge is 0.343 e. The van der Waals surface area contributed by atoms with Crippen molar-refractivity contribution in [2.24, 2.45) is 0 Å². The lowest BCUT2D eigenvalue weighted by atomic mass is 9.86. The first-order valence-corrected chi connectivity index (χ1v) is 9.02. The largest absolute Gasteiger partial charge is 0.493 e. The molecule has 1 saturated heterocycles. The Morgan fingerprint density at radius 2 is 1.96 bits per heavy atom. The van der Waals surface area contributed by atoms with Crippen molar-refractivity contribution in [2.75, 3.05) is 27.4 Å². The van der Waals surface area contributed by atoms with Crippen molar-refractivity contribution < 1.29 is 23.8 Å². The molecule has 0 aromatic heterocycles. The summed E-state index contributed by atoms with van der Waals surface area (Å²) in [5.41, 5.74) is 2.05. The molecule has 2 aliphatic rings. The lowest BCUT2D eigenvalue weighted by Crippen LogP contribution is -2.41. The number of ketones is 1. The van der Waals surface area contributed by atoms with E-state index in [1.165, 1.54) is 0 Å². The topological polar surface area (TPSA) is 65.1 Å². The van der Waals surface area contributed by atoms with Crippen molar-refractivity contribution >= 4 is 11.8 Å². The molecule has 0 saturated carbocycles. The van der Waals surface area contributed by atoms with Crippen molar-refractivity contribution in [3.63, 3.8) is 0 Å². The van der Waals surface area contributed by atoms with Crippen LogP contribution in [0.1, 0.15) is 44.2 Å². The number of carbonyl (C=O) groups is 2. The molecule has 1 aromatic rings. The van der Waals surface area contributed by atoms with Gasteiger partial charge in [-0.2, -0.15) is 0 Å². The highest BCUT2D eigenvalue weighted by Crippen LogP contribution is 2.41. The maximum absolute atomic E-state index is 12.8. The van der Waals surface area contributed by atoms with Crippen LogP contribution < -0.4 is 9.47 Å². The van der Waals surface area contributed by atoms with E-state index in [-0.39, 0.29) is 30.4 Å². The maximum Gasteiger partial charge on any atom is 0.343 e. The van der Waals surface area contributed by atoms with Gasteiger partial charge in [0.2, 0.25) is 0 Å². The van der Waals surface area contributed by atoms with Crippen LogP contribution in [-0.4, -0.2) is 44.0 Å². The third-order valence-corrected chi connectivity index (χ3v) is 5.00. The van der Waals surface area contributed by atoms with Gasteiger partial charge in [0.1, 0.15) is 5.57 Å². The zero-order valence-electron chi connectivity index (χ0n) is 15.5. The molecule has 26 heavy (non-hydrogen) atoms. The lowest BCUT2D eigenvalue weighted by Gasteiger charge is -2.42. The van der Waals surface area contributed by atoms with Gasteiger partial charge in [-0.15, -0.1) is 0 Å². The third-order valence-electron chi connectivity index (χ3n) is 5.00. The summed E-state index contributed by atoms with van der Waals surface area (Å²) in [7, 11) is 3.19. The number of rotatable bonds is 5. The number of methoxy groups -OCH3 is 2. The minimum atomic E-state index is -0.495. The number of carbonyl (C=O) groups excluding carboxylic acids is 2. The monoisotopic (exact) mass is 359 g/mol. The fourth-order valence-electron chi connectivity index (χ4n) is 3.81. The molecule has 6 heteroatoms. The molecule has 0 N–H and O–H groups in total. The Morgan fingerprint density at radius 1 is 1.19 bits per heavy atom. The summed E-state index contributed by atoms with van der Waals surface area (Å²) in [6, 6.07) is 5.63.